The maximum Gasteiger partial charge on any atom is 0.244 e. The van der Waals surface area contributed by atoms with Gasteiger partial charge in [-0.3, -0.25) is 4.98 Å². The van der Waals surface area contributed by atoms with Crippen molar-refractivity contribution in [2.24, 2.45) is 5.92 Å². The van der Waals surface area contributed by atoms with Crippen LogP contribution in [0.4, 0.5) is 0 Å². The lowest BCUT2D eigenvalue weighted by Gasteiger charge is -2.15. The van der Waals surface area contributed by atoms with Crippen LogP contribution in [0.3, 0.4) is 0 Å². The molecule has 1 aliphatic carbocycles. The van der Waals surface area contributed by atoms with Gasteiger partial charge in [0, 0.05) is 38.5 Å². The molecule has 2 aromatic rings. The van der Waals surface area contributed by atoms with Crippen LogP contribution in [0.5, 0.6) is 0 Å². The Morgan fingerprint density at radius 2 is 2.19 bits per heavy atom. The lowest BCUT2D eigenvalue weighted by atomic mass is 10.1. The number of aromatic nitrogens is 3. The molecule has 1 saturated heterocycles. The molecule has 0 amide bonds. The van der Waals surface area contributed by atoms with Gasteiger partial charge in [0.05, 0.1) is 12.5 Å². The zero-order valence-corrected chi connectivity index (χ0v) is 15.3. The van der Waals surface area contributed by atoms with Gasteiger partial charge in [-0.05, 0) is 37.3 Å². The molecule has 2 aliphatic rings. The maximum atomic E-state index is 12.7. The summed E-state index contributed by atoms with van der Waals surface area (Å²) in [6.07, 6.45) is 6.74. The molecule has 4 rings (SSSR count). The zero-order valence-electron chi connectivity index (χ0n) is 14.5. The topological polar surface area (TPSA) is 98.4 Å². The highest BCUT2D eigenvalue weighted by Gasteiger charge is 2.35. The van der Waals surface area contributed by atoms with Gasteiger partial charge in [-0.1, -0.05) is 5.16 Å². The molecule has 1 atom stereocenters. The Morgan fingerprint density at radius 1 is 1.31 bits per heavy atom. The first-order valence-corrected chi connectivity index (χ1v) is 10.4. The SMILES string of the molecule is O=S(=O)(c1cccnc1)N1CCC(c2nc(CCOCC3CC3)no2)C1. The third kappa shape index (κ3) is 3.94. The van der Waals surface area contributed by atoms with E-state index in [0.717, 1.165) is 12.5 Å². The largest absolute Gasteiger partial charge is 0.381 e. The monoisotopic (exact) mass is 378 g/mol. The van der Waals surface area contributed by atoms with Crippen molar-refractivity contribution in [3.8, 4) is 0 Å². The molecule has 2 fully saturated rings. The summed E-state index contributed by atoms with van der Waals surface area (Å²) < 4.78 is 37.7. The molecule has 8 nitrogen and oxygen atoms in total. The molecule has 0 aromatic carbocycles. The van der Waals surface area contributed by atoms with Gasteiger partial charge in [0.15, 0.2) is 5.82 Å². The Morgan fingerprint density at radius 3 is 2.96 bits per heavy atom. The second kappa shape index (κ2) is 7.42. The van der Waals surface area contributed by atoms with Gasteiger partial charge in [-0.15, -0.1) is 0 Å². The molecule has 1 unspecified atom stereocenters. The van der Waals surface area contributed by atoms with E-state index in [1.54, 1.807) is 18.3 Å². The van der Waals surface area contributed by atoms with Crippen LogP contribution in [0.15, 0.2) is 33.9 Å². The number of hydrogen-bond donors (Lipinski definition) is 0. The molecule has 0 N–H and O–H groups in total. The minimum Gasteiger partial charge on any atom is -0.381 e. The number of hydrogen-bond acceptors (Lipinski definition) is 7. The molecular weight excluding hydrogens is 356 g/mol. The molecule has 0 bridgehead atoms. The predicted molar refractivity (Wildman–Crippen MR) is 91.9 cm³/mol. The summed E-state index contributed by atoms with van der Waals surface area (Å²) in [5.74, 6) is 1.78. The molecule has 2 aromatic heterocycles. The number of pyridine rings is 1. The molecule has 0 spiro atoms. The van der Waals surface area contributed by atoms with Gasteiger partial charge < -0.3 is 9.26 Å². The summed E-state index contributed by atoms with van der Waals surface area (Å²) in [4.78, 5) is 8.52. The highest BCUT2D eigenvalue weighted by molar-refractivity contribution is 7.89. The lowest BCUT2D eigenvalue weighted by Crippen LogP contribution is -2.28. The van der Waals surface area contributed by atoms with Crippen molar-refractivity contribution < 1.29 is 17.7 Å². The van der Waals surface area contributed by atoms with Gasteiger partial charge in [0.2, 0.25) is 15.9 Å². The summed E-state index contributed by atoms with van der Waals surface area (Å²) in [6, 6.07) is 3.18. The first-order valence-electron chi connectivity index (χ1n) is 8.93. The minimum absolute atomic E-state index is 0.0740. The first kappa shape index (κ1) is 17.6. The molecule has 0 radical (unpaired) electrons. The van der Waals surface area contributed by atoms with Crippen LogP contribution >= 0.6 is 0 Å². The van der Waals surface area contributed by atoms with Crippen LogP contribution < -0.4 is 0 Å². The highest BCUT2D eigenvalue weighted by Crippen LogP contribution is 2.30. The Balaban J connectivity index is 1.33. The molecule has 3 heterocycles. The first-order chi connectivity index (χ1) is 12.6. The molecular formula is C17H22N4O4S. The Bertz CT molecular complexity index is 835. The summed E-state index contributed by atoms with van der Waals surface area (Å²) in [6.45, 7) is 2.18. The summed E-state index contributed by atoms with van der Waals surface area (Å²) in [5, 5.41) is 3.99. The van der Waals surface area contributed by atoms with E-state index in [2.05, 4.69) is 15.1 Å². The average molecular weight is 378 g/mol. The second-order valence-electron chi connectivity index (χ2n) is 6.85. The summed E-state index contributed by atoms with van der Waals surface area (Å²) in [5.41, 5.74) is 0. The number of ether oxygens (including phenoxy) is 1. The van der Waals surface area contributed by atoms with Crippen LogP contribution in [0, 0.1) is 5.92 Å². The van der Waals surface area contributed by atoms with Crippen molar-refractivity contribution in [2.75, 3.05) is 26.3 Å². The molecule has 9 heteroatoms. The molecule has 1 saturated carbocycles. The summed E-state index contributed by atoms with van der Waals surface area (Å²) in [7, 11) is -3.53. The van der Waals surface area contributed by atoms with Gasteiger partial charge in [-0.2, -0.15) is 9.29 Å². The zero-order chi connectivity index (χ0) is 18.0. The third-order valence-electron chi connectivity index (χ3n) is 4.78. The van der Waals surface area contributed by atoms with Crippen molar-refractivity contribution in [3.63, 3.8) is 0 Å². The fourth-order valence-electron chi connectivity index (χ4n) is 3.03. The van der Waals surface area contributed by atoms with Crippen molar-refractivity contribution in [1.82, 2.24) is 19.4 Å². The maximum absolute atomic E-state index is 12.7. The van der Waals surface area contributed by atoms with Crippen molar-refractivity contribution in [3.05, 3.63) is 36.2 Å². The Kier molecular flexibility index (Phi) is 5.01. The standard InChI is InChI=1S/C17H22N4O4S/c22-26(23,15-2-1-7-18-10-15)21-8-5-14(11-21)17-19-16(20-25-17)6-9-24-12-13-3-4-13/h1-2,7,10,13-14H,3-6,8-9,11-12H2. The highest BCUT2D eigenvalue weighted by atomic mass is 32.2. The average Bonchev–Trinajstić information content (AvgIpc) is 3.14. The van der Waals surface area contributed by atoms with Crippen molar-refractivity contribution in [2.45, 2.75) is 36.5 Å². The van der Waals surface area contributed by atoms with Gasteiger partial charge in [-0.25, -0.2) is 8.42 Å². The van der Waals surface area contributed by atoms with E-state index in [9.17, 15) is 8.42 Å². The van der Waals surface area contributed by atoms with Gasteiger partial charge in [0.25, 0.3) is 0 Å². The molecule has 26 heavy (non-hydrogen) atoms. The normalized spacial score (nSPS) is 21.3. The smallest absolute Gasteiger partial charge is 0.244 e. The van der Waals surface area contributed by atoms with E-state index in [1.165, 1.54) is 23.3 Å². The van der Waals surface area contributed by atoms with Gasteiger partial charge in [0.1, 0.15) is 4.90 Å². The summed E-state index contributed by atoms with van der Waals surface area (Å²) >= 11 is 0. The number of nitrogens with zero attached hydrogens (tertiary/aromatic N) is 4. The van der Waals surface area contributed by atoms with E-state index >= 15 is 0 Å². The Hall–Kier alpha value is -1.84. The number of rotatable bonds is 8. The van der Waals surface area contributed by atoms with E-state index in [-0.39, 0.29) is 10.8 Å². The van der Waals surface area contributed by atoms with Crippen molar-refractivity contribution >= 4 is 10.0 Å². The third-order valence-corrected chi connectivity index (χ3v) is 6.63. The molecule has 1 aliphatic heterocycles. The fraction of sp³-hybridized carbons (Fsp3) is 0.588. The van der Waals surface area contributed by atoms with Crippen LogP contribution in [-0.4, -0.2) is 54.2 Å². The Labute approximate surface area is 152 Å². The van der Waals surface area contributed by atoms with Crippen LogP contribution in [0.25, 0.3) is 0 Å². The fourth-order valence-corrected chi connectivity index (χ4v) is 4.49. The van der Waals surface area contributed by atoms with Crippen LogP contribution in [0.2, 0.25) is 0 Å². The van der Waals surface area contributed by atoms with Crippen LogP contribution in [0.1, 0.15) is 36.9 Å². The second-order valence-corrected chi connectivity index (χ2v) is 8.79. The van der Waals surface area contributed by atoms with Crippen molar-refractivity contribution in [1.29, 1.82) is 0 Å². The van der Waals surface area contributed by atoms with Gasteiger partial charge >= 0.3 is 0 Å². The molecule has 140 valence electrons. The van der Waals surface area contributed by atoms with E-state index in [4.69, 9.17) is 9.26 Å². The quantitative estimate of drug-likeness (QED) is 0.644. The van der Waals surface area contributed by atoms with E-state index in [1.807, 2.05) is 0 Å². The van der Waals surface area contributed by atoms with E-state index in [0.29, 0.717) is 44.3 Å². The van der Waals surface area contributed by atoms with E-state index < -0.39 is 10.0 Å². The number of sulfonamides is 1. The lowest BCUT2D eigenvalue weighted by molar-refractivity contribution is 0.125. The minimum atomic E-state index is -3.53. The van der Waals surface area contributed by atoms with Crippen LogP contribution in [-0.2, 0) is 21.2 Å². The predicted octanol–water partition coefficient (Wildman–Crippen LogP) is 1.61.